The zero-order chi connectivity index (χ0) is 24.1. The third-order valence-corrected chi connectivity index (χ3v) is 4.73. The zero-order valence-electron chi connectivity index (χ0n) is 17.5. The summed E-state index contributed by atoms with van der Waals surface area (Å²) in [7, 11) is 0. The fourth-order valence-corrected chi connectivity index (χ4v) is 3.16. The molecule has 1 heterocycles. The lowest BCUT2D eigenvalue weighted by Crippen LogP contribution is -2.16. The van der Waals surface area contributed by atoms with Crippen LogP contribution in [0.2, 0.25) is 0 Å². The largest absolute Gasteiger partial charge is 0.573 e. The number of rotatable bonds is 8. The Hall–Kier alpha value is -3.82. The van der Waals surface area contributed by atoms with Gasteiger partial charge in [-0.2, -0.15) is 0 Å². The Labute approximate surface area is 191 Å². The fourth-order valence-electron chi connectivity index (χ4n) is 3.16. The van der Waals surface area contributed by atoms with Crippen LogP contribution >= 0.6 is 0 Å². The van der Waals surface area contributed by atoms with Gasteiger partial charge < -0.3 is 18.9 Å². The fraction of sp³-hybridized carbons (Fsp3) is 0.208. The molecule has 1 atom stereocenters. The van der Waals surface area contributed by atoms with E-state index in [0.717, 1.165) is 24.3 Å². The van der Waals surface area contributed by atoms with E-state index in [1.165, 1.54) is 18.2 Å². The van der Waals surface area contributed by atoms with Crippen molar-refractivity contribution in [1.29, 1.82) is 0 Å². The number of benzene rings is 3. The first kappa shape index (κ1) is 23.3. The van der Waals surface area contributed by atoms with Crippen molar-refractivity contribution in [3.8, 4) is 23.0 Å². The van der Waals surface area contributed by atoms with Crippen molar-refractivity contribution in [2.45, 2.75) is 18.8 Å². The van der Waals surface area contributed by atoms with E-state index in [-0.39, 0.29) is 29.9 Å². The average molecular weight is 479 g/mol. The maximum Gasteiger partial charge on any atom is 0.573 e. The predicted octanol–water partition coefficient (Wildman–Crippen LogP) is 6.27. The summed E-state index contributed by atoms with van der Waals surface area (Å²) in [5, 5.41) is 0. The first-order chi connectivity index (χ1) is 16.3. The Morgan fingerprint density at radius 2 is 1.38 bits per heavy atom. The average Bonchev–Trinajstić information content (AvgIpc) is 3.23. The summed E-state index contributed by atoms with van der Waals surface area (Å²) in [6, 6.07) is 14.9. The summed E-state index contributed by atoms with van der Waals surface area (Å²) in [6.45, 7) is 0.497. The van der Waals surface area contributed by atoms with Gasteiger partial charge in [-0.15, -0.1) is 13.2 Å². The molecule has 10 heteroatoms. The Kier molecular flexibility index (Phi) is 6.85. The van der Waals surface area contributed by atoms with Gasteiger partial charge >= 0.3 is 6.36 Å². The van der Waals surface area contributed by atoms with Crippen LogP contribution in [-0.4, -0.2) is 31.5 Å². The molecule has 0 saturated heterocycles. The van der Waals surface area contributed by atoms with Crippen LogP contribution in [0.15, 0.2) is 71.7 Å². The molecule has 1 unspecified atom stereocenters. The monoisotopic (exact) mass is 479 g/mol. The van der Waals surface area contributed by atoms with Crippen molar-refractivity contribution in [2.24, 2.45) is 4.99 Å². The first-order valence-corrected chi connectivity index (χ1v) is 10.2. The Balaban J connectivity index is 1.26. The molecular weight excluding hydrogens is 461 g/mol. The summed E-state index contributed by atoms with van der Waals surface area (Å²) in [5.74, 6) is -0.505. The van der Waals surface area contributed by atoms with Crippen molar-refractivity contribution in [2.75, 3.05) is 13.2 Å². The molecule has 0 spiro atoms. The van der Waals surface area contributed by atoms with Crippen LogP contribution in [0.5, 0.6) is 23.0 Å². The van der Waals surface area contributed by atoms with Gasteiger partial charge in [0.15, 0.2) is 0 Å². The Bertz CT molecular complexity index is 1130. The summed E-state index contributed by atoms with van der Waals surface area (Å²) >= 11 is 0. The molecular formula is C24H18F5NO4. The van der Waals surface area contributed by atoms with Gasteiger partial charge in [-0.25, -0.2) is 13.8 Å². The summed E-state index contributed by atoms with van der Waals surface area (Å²) < 4.78 is 84.8. The molecule has 5 nitrogen and oxygen atoms in total. The standard InChI is InChI=1S/C24H18F5NO4/c25-20-2-1-3-21(26)22(20)23-30-15(14-32-23)12-13-31-16-4-6-17(7-5-16)33-18-8-10-19(11-9-18)34-24(27,28)29/h1-11,15H,12-14H2. The molecule has 3 aromatic rings. The number of hydrogen-bond donors (Lipinski definition) is 0. The Morgan fingerprint density at radius 1 is 0.824 bits per heavy atom. The topological polar surface area (TPSA) is 49.3 Å². The maximum atomic E-state index is 13.9. The number of hydrogen-bond acceptors (Lipinski definition) is 5. The normalized spacial score (nSPS) is 15.4. The van der Waals surface area contributed by atoms with E-state index in [1.807, 2.05) is 0 Å². The minimum atomic E-state index is -4.75. The number of nitrogens with zero attached hydrogens (tertiary/aromatic N) is 1. The van der Waals surface area contributed by atoms with Crippen LogP contribution < -0.4 is 14.2 Å². The van der Waals surface area contributed by atoms with E-state index >= 15 is 0 Å². The van der Waals surface area contributed by atoms with Gasteiger partial charge in [0.05, 0.1) is 12.6 Å². The van der Waals surface area contributed by atoms with Crippen molar-refractivity contribution >= 4 is 5.90 Å². The third-order valence-electron chi connectivity index (χ3n) is 4.73. The second-order valence-electron chi connectivity index (χ2n) is 7.23. The predicted molar refractivity (Wildman–Crippen MR) is 112 cm³/mol. The minimum Gasteiger partial charge on any atom is -0.494 e. The van der Waals surface area contributed by atoms with Crippen LogP contribution in [0.1, 0.15) is 12.0 Å². The van der Waals surface area contributed by atoms with Gasteiger partial charge in [0.1, 0.15) is 46.8 Å². The van der Waals surface area contributed by atoms with E-state index < -0.39 is 18.0 Å². The minimum absolute atomic E-state index is 0.0555. The van der Waals surface area contributed by atoms with Gasteiger partial charge in [0, 0.05) is 6.42 Å². The molecule has 0 fully saturated rings. The summed E-state index contributed by atoms with van der Waals surface area (Å²) in [6.07, 6.45) is -4.28. The number of ether oxygens (including phenoxy) is 4. The number of halogens is 5. The Morgan fingerprint density at radius 3 is 1.97 bits per heavy atom. The molecule has 4 rings (SSSR count). The molecule has 0 saturated carbocycles. The highest BCUT2D eigenvalue weighted by atomic mass is 19.4. The smallest absolute Gasteiger partial charge is 0.494 e. The van der Waals surface area contributed by atoms with E-state index in [2.05, 4.69) is 9.73 Å². The highest BCUT2D eigenvalue weighted by Gasteiger charge is 2.31. The van der Waals surface area contributed by atoms with E-state index in [9.17, 15) is 22.0 Å². The van der Waals surface area contributed by atoms with Crippen LogP contribution in [0.25, 0.3) is 0 Å². The van der Waals surface area contributed by atoms with Gasteiger partial charge in [0.2, 0.25) is 5.90 Å². The lowest BCUT2D eigenvalue weighted by atomic mass is 10.2. The summed E-state index contributed by atoms with van der Waals surface area (Å²) in [4.78, 5) is 4.24. The van der Waals surface area contributed by atoms with Crippen molar-refractivity contribution in [3.63, 3.8) is 0 Å². The quantitative estimate of drug-likeness (QED) is 0.358. The van der Waals surface area contributed by atoms with Crippen molar-refractivity contribution in [1.82, 2.24) is 0 Å². The van der Waals surface area contributed by atoms with Gasteiger partial charge in [-0.3, -0.25) is 0 Å². The van der Waals surface area contributed by atoms with E-state index in [1.54, 1.807) is 24.3 Å². The van der Waals surface area contributed by atoms with Crippen LogP contribution in [0.4, 0.5) is 22.0 Å². The molecule has 1 aliphatic rings. The van der Waals surface area contributed by atoms with Crippen LogP contribution in [0.3, 0.4) is 0 Å². The highest BCUT2D eigenvalue weighted by Crippen LogP contribution is 2.28. The van der Waals surface area contributed by atoms with Gasteiger partial charge in [-0.1, -0.05) is 6.07 Å². The van der Waals surface area contributed by atoms with Gasteiger partial charge in [-0.05, 0) is 60.7 Å². The molecule has 0 N–H and O–H groups in total. The molecule has 0 bridgehead atoms. The van der Waals surface area contributed by atoms with E-state index in [0.29, 0.717) is 30.3 Å². The number of aliphatic imine (C=N–C) groups is 1. The third kappa shape index (κ3) is 6.15. The molecule has 0 aromatic heterocycles. The van der Waals surface area contributed by atoms with Crippen LogP contribution in [-0.2, 0) is 4.74 Å². The molecule has 1 aliphatic heterocycles. The molecule has 34 heavy (non-hydrogen) atoms. The molecule has 0 radical (unpaired) electrons. The molecule has 0 aliphatic carbocycles. The van der Waals surface area contributed by atoms with E-state index in [4.69, 9.17) is 14.2 Å². The van der Waals surface area contributed by atoms with Crippen molar-refractivity contribution in [3.05, 3.63) is 83.9 Å². The SMILES string of the molecule is Fc1cccc(F)c1C1=NC(CCOc2ccc(Oc3ccc(OC(F)(F)F)cc3)cc2)CO1. The highest BCUT2D eigenvalue weighted by molar-refractivity contribution is 5.95. The number of alkyl halides is 3. The maximum absolute atomic E-state index is 13.9. The lowest BCUT2D eigenvalue weighted by molar-refractivity contribution is -0.274. The molecule has 3 aromatic carbocycles. The second-order valence-corrected chi connectivity index (χ2v) is 7.23. The lowest BCUT2D eigenvalue weighted by Gasteiger charge is -2.11. The zero-order valence-corrected chi connectivity index (χ0v) is 17.5. The second kappa shape index (κ2) is 9.98. The van der Waals surface area contributed by atoms with Gasteiger partial charge in [0.25, 0.3) is 0 Å². The molecule has 0 amide bonds. The summed E-state index contributed by atoms with van der Waals surface area (Å²) in [5.41, 5.74) is -0.274. The van der Waals surface area contributed by atoms with Crippen molar-refractivity contribution < 1.29 is 40.9 Å². The molecule has 178 valence electrons. The van der Waals surface area contributed by atoms with Crippen LogP contribution in [0, 0.1) is 11.6 Å². The first-order valence-electron chi connectivity index (χ1n) is 10.2.